The van der Waals surface area contributed by atoms with Gasteiger partial charge in [0.05, 0.1) is 13.5 Å². The van der Waals surface area contributed by atoms with E-state index in [0.29, 0.717) is 12.5 Å². The minimum atomic E-state index is 0.214. The topological polar surface area (TPSA) is 32.8 Å². The second kappa shape index (κ2) is 8.47. The predicted molar refractivity (Wildman–Crippen MR) is 111 cm³/mol. The van der Waals surface area contributed by atoms with Gasteiger partial charge in [0.25, 0.3) is 0 Å². The van der Waals surface area contributed by atoms with Crippen LogP contribution >= 0.6 is 0 Å². The smallest absolute Gasteiger partial charge is 0.226 e. The summed E-state index contributed by atoms with van der Waals surface area (Å²) in [7, 11) is 3.65. The van der Waals surface area contributed by atoms with Crippen LogP contribution in [0.25, 0.3) is 0 Å². The minimum absolute atomic E-state index is 0.214. The highest BCUT2D eigenvalue weighted by molar-refractivity contribution is 5.79. The number of piperidine rings is 1. The normalized spacial score (nSPS) is 14.9. The third kappa shape index (κ3) is 4.62. The van der Waals surface area contributed by atoms with Crippen molar-refractivity contribution in [3.05, 3.63) is 59.2 Å². The fourth-order valence-electron chi connectivity index (χ4n) is 3.79. The van der Waals surface area contributed by atoms with Crippen molar-refractivity contribution >= 4 is 11.6 Å². The third-order valence-corrected chi connectivity index (χ3v) is 5.69. The molecule has 1 heterocycles. The largest absolute Gasteiger partial charge is 0.497 e. The fourth-order valence-corrected chi connectivity index (χ4v) is 3.79. The van der Waals surface area contributed by atoms with E-state index in [4.69, 9.17) is 4.74 Å². The quantitative estimate of drug-likeness (QED) is 0.802. The lowest BCUT2D eigenvalue weighted by molar-refractivity contribution is -0.131. The van der Waals surface area contributed by atoms with Crippen molar-refractivity contribution in [1.82, 2.24) is 4.90 Å². The summed E-state index contributed by atoms with van der Waals surface area (Å²) in [4.78, 5) is 17.1. The first kappa shape index (κ1) is 19.3. The number of rotatable bonds is 5. The molecule has 3 rings (SSSR count). The number of carbonyl (C=O) groups excluding carboxylic acids is 1. The number of carbonyl (C=O) groups is 1. The van der Waals surface area contributed by atoms with Gasteiger partial charge in [-0.1, -0.05) is 23.8 Å². The number of ether oxygens (including phenoxy) is 1. The summed E-state index contributed by atoms with van der Waals surface area (Å²) in [5, 5.41) is 0. The minimum Gasteiger partial charge on any atom is -0.497 e. The van der Waals surface area contributed by atoms with Crippen LogP contribution in [0.1, 0.15) is 29.5 Å². The Bertz CT molecular complexity index is 777. The molecule has 0 unspecified atom stereocenters. The molecule has 0 saturated carbocycles. The maximum atomic E-state index is 12.8. The Kier molecular flexibility index (Phi) is 6.04. The summed E-state index contributed by atoms with van der Waals surface area (Å²) >= 11 is 0. The first-order chi connectivity index (χ1) is 13.0. The van der Waals surface area contributed by atoms with E-state index in [0.717, 1.165) is 37.2 Å². The molecule has 0 atom stereocenters. The van der Waals surface area contributed by atoms with Crippen LogP contribution < -0.4 is 9.64 Å². The summed E-state index contributed by atoms with van der Waals surface area (Å²) in [6, 6.07) is 14.9. The van der Waals surface area contributed by atoms with Crippen molar-refractivity contribution in [3.63, 3.8) is 0 Å². The highest BCUT2D eigenvalue weighted by Gasteiger charge is 2.25. The Morgan fingerprint density at radius 2 is 1.78 bits per heavy atom. The van der Waals surface area contributed by atoms with Gasteiger partial charge >= 0.3 is 0 Å². The van der Waals surface area contributed by atoms with Crippen molar-refractivity contribution in [2.75, 3.05) is 32.1 Å². The van der Waals surface area contributed by atoms with Crippen molar-refractivity contribution in [2.24, 2.45) is 0 Å². The van der Waals surface area contributed by atoms with Gasteiger partial charge in [-0.2, -0.15) is 0 Å². The van der Waals surface area contributed by atoms with E-state index < -0.39 is 0 Å². The molecule has 0 spiro atoms. The Hall–Kier alpha value is -2.49. The van der Waals surface area contributed by atoms with Gasteiger partial charge in [-0.15, -0.1) is 0 Å². The maximum absolute atomic E-state index is 12.8. The fraction of sp³-hybridized carbons (Fsp3) is 0.435. The van der Waals surface area contributed by atoms with E-state index in [1.165, 1.54) is 16.8 Å². The van der Waals surface area contributed by atoms with Gasteiger partial charge in [0.15, 0.2) is 0 Å². The standard InChI is InChI=1S/C23H30N2O2/c1-17-5-6-18(2)19(15-17)16-23(26)24(3)20-11-13-25(14-12-20)21-7-9-22(27-4)10-8-21/h5-10,15,20H,11-14,16H2,1-4H3. The van der Waals surface area contributed by atoms with Crippen LogP contribution in [0.15, 0.2) is 42.5 Å². The highest BCUT2D eigenvalue weighted by atomic mass is 16.5. The number of methoxy groups -OCH3 is 1. The number of amides is 1. The molecule has 2 aromatic rings. The van der Waals surface area contributed by atoms with Crippen LogP contribution in [0, 0.1) is 13.8 Å². The van der Waals surface area contributed by atoms with Crippen LogP contribution in [0.3, 0.4) is 0 Å². The molecular formula is C23H30N2O2. The predicted octanol–water partition coefficient (Wildman–Crippen LogP) is 3.98. The van der Waals surface area contributed by atoms with Crippen LogP contribution in [0.5, 0.6) is 5.75 Å². The number of nitrogens with zero attached hydrogens (tertiary/aromatic N) is 2. The SMILES string of the molecule is COc1ccc(N2CCC(N(C)C(=O)Cc3cc(C)ccc3C)CC2)cc1. The summed E-state index contributed by atoms with van der Waals surface area (Å²) in [6.07, 6.45) is 2.49. The molecule has 27 heavy (non-hydrogen) atoms. The van der Waals surface area contributed by atoms with E-state index in [-0.39, 0.29) is 5.91 Å². The van der Waals surface area contributed by atoms with Gasteiger partial charge < -0.3 is 14.5 Å². The molecular weight excluding hydrogens is 336 g/mol. The van der Waals surface area contributed by atoms with Gasteiger partial charge in [0, 0.05) is 31.9 Å². The second-order valence-electron chi connectivity index (χ2n) is 7.53. The lowest BCUT2D eigenvalue weighted by atomic mass is 9.99. The van der Waals surface area contributed by atoms with E-state index in [1.807, 2.05) is 24.1 Å². The molecule has 1 amide bonds. The molecule has 0 aromatic heterocycles. The molecule has 1 fully saturated rings. The van der Waals surface area contributed by atoms with Gasteiger partial charge in [0.2, 0.25) is 5.91 Å². The molecule has 1 aliphatic rings. The Balaban J connectivity index is 1.56. The lowest BCUT2D eigenvalue weighted by Gasteiger charge is -2.38. The number of anilines is 1. The van der Waals surface area contributed by atoms with E-state index in [9.17, 15) is 4.79 Å². The molecule has 144 valence electrons. The van der Waals surface area contributed by atoms with Crippen LogP contribution in [0.4, 0.5) is 5.69 Å². The van der Waals surface area contributed by atoms with Crippen molar-refractivity contribution in [2.45, 2.75) is 39.2 Å². The van der Waals surface area contributed by atoms with E-state index in [1.54, 1.807) is 7.11 Å². The molecule has 4 nitrogen and oxygen atoms in total. The van der Waals surface area contributed by atoms with Gasteiger partial charge in [-0.25, -0.2) is 0 Å². The molecule has 1 saturated heterocycles. The summed E-state index contributed by atoms with van der Waals surface area (Å²) in [5.74, 6) is 1.09. The first-order valence-corrected chi connectivity index (χ1v) is 9.68. The first-order valence-electron chi connectivity index (χ1n) is 9.68. The van der Waals surface area contributed by atoms with Gasteiger partial charge in [0.1, 0.15) is 5.75 Å². The Morgan fingerprint density at radius 3 is 2.41 bits per heavy atom. The zero-order valence-electron chi connectivity index (χ0n) is 16.9. The summed E-state index contributed by atoms with van der Waals surface area (Å²) < 4.78 is 5.23. The zero-order chi connectivity index (χ0) is 19.4. The van der Waals surface area contributed by atoms with Crippen molar-refractivity contribution in [1.29, 1.82) is 0 Å². The lowest BCUT2D eigenvalue weighted by Crippen LogP contribution is -2.46. The van der Waals surface area contributed by atoms with Crippen molar-refractivity contribution in [3.8, 4) is 5.75 Å². The third-order valence-electron chi connectivity index (χ3n) is 5.69. The number of hydrogen-bond donors (Lipinski definition) is 0. The summed E-state index contributed by atoms with van der Waals surface area (Å²) in [5.41, 5.74) is 4.76. The van der Waals surface area contributed by atoms with Crippen LogP contribution in [0.2, 0.25) is 0 Å². The number of hydrogen-bond acceptors (Lipinski definition) is 3. The van der Waals surface area contributed by atoms with Crippen molar-refractivity contribution < 1.29 is 9.53 Å². The number of benzene rings is 2. The summed E-state index contributed by atoms with van der Waals surface area (Å²) in [6.45, 7) is 6.09. The van der Waals surface area contributed by atoms with Crippen LogP contribution in [-0.4, -0.2) is 44.1 Å². The average molecular weight is 367 g/mol. The number of aryl methyl sites for hydroxylation is 2. The van der Waals surface area contributed by atoms with E-state index >= 15 is 0 Å². The molecule has 0 N–H and O–H groups in total. The van der Waals surface area contributed by atoms with Crippen LogP contribution in [-0.2, 0) is 11.2 Å². The van der Waals surface area contributed by atoms with Gasteiger partial charge in [-0.3, -0.25) is 4.79 Å². The second-order valence-corrected chi connectivity index (χ2v) is 7.53. The molecule has 4 heteroatoms. The molecule has 1 aliphatic heterocycles. The van der Waals surface area contributed by atoms with E-state index in [2.05, 4.69) is 49.1 Å². The Morgan fingerprint density at radius 1 is 1.11 bits per heavy atom. The molecule has 2 aromatic carbocycles. The molecule has 0 radical (unpaired) electrons. The molecule has 0 aliphatic carbocycles. The highest BCUT2D eigenvalue weighted by Crippen LogP contribution is 2.24. The Labute approximate surface area is 162 Å². The average Bonchev–Trinajstić information content (AvgIpc) is 2.70. The van der Waals surface area contributed by atoms with Gasteiger partial charge in [-0.05, 0) is 62.1 Å². The monoisotopic (exact) mass is 366 g/mol. The molecule has 0 bridgehead atoms. The number of likely N-dealkylation sites (N-methyl/N-ethyl adjacent to an activating group) is 1. The zero-order valence-corrected chi connectivity index (χ0v) is 16.9. The maximum Gasteiger partial charge on any atom is 0.226 e.